The van der Waals surface area contributed by atoms with Gasteiger partial charge in [0.1, 0.15) is 12.5 Å². The number of hydrogen-bond donors (Lipinski definition) is 1. The smallest absolute Gasteiger partial charge is 0.130 e. The number of nitrogens with two attached hydrogens (primary N) is 1. The highest BCUT2D eigenvalue weighted by atomic mass is 32.2. The normalized spacial score (nSPS) is 17.3. The average molecular weight is 331 g/mol. The lowest BCUT2D eigenvalue weighted by Gasteiger charge is -2.16. The molecular formula is C17H23N4OS+. The van der Waals surface area contributed by atoms with Gasteiger partial charge in [0.05, 0.1) is 48.0 Å². The number of imidazole rings is 1. The Balaban J connectivity index is 1.72. The maximum atomic E-state index is 9.30. The van der Waals surface area contributed by atoms with Crippen LogP contribution in [0.4, 0.5) is 0 Å². The predicted molar refractivity (Wildman–Crippen MR) is 94.0 cm³/mol. The van der Waals surface area contributed by atoms with Crippen molar-refractivity contribution in [1.29, 1.82) is 5.26 Å². The van der Waals surface area contributed by atoms with Crippen molar-refractivity contribution < 1.29 is 4.74 Å². The van der Waals surface area contributed by atoms with Crippen LogP contribution in [0.1, 0.15) is 24.4 Å². The van der Waals surface area contributed by atoms with Crippen LogP contribution in [0.2, 0.25) is 0 Å². The lowest BCUT2D eigenvalue weighted by molar-refractivity contribution is 0.0924. The standard InChI is InChI=1S/C17H23N4OS/c1-23(2)8-7-22-12-21-11-20-14-9-13(3-4-15(14)21)16(19)17(10-18)5-6-17/h3-4,9,11,16H,5-8,12,19H2,1-2H3/q+1. The van der Waals surface area contributed by atoms with Crippen LogP contribution in [-0.2, 0) is 22.4 Å². The van der Waals surface area contributed by atoms with Gasteiger partial charge < -0.3 is 15.0 Å². The molecule has 0 aliphatic heterocycles. The minimum Gasteiger partial charge on any atom is -0.356 e. The molecule has 2 N–H and O–H groups in total. The Kier molecular flexibility index (Phi) is 4.62. The first-order valence-corrected chi connectivity index (χ1v) is 10.0. The van der Waals surface area contributed by atoms with Crippen molar-refractivity contribution >= 4 is 21.9 Å². The summed E-state index contributed by atoms with van der Waals surface area (Å²) in [6.45, 7) is 1.28. The molecular weight excluding hydrogens is 308 g/mol. The topological polar surface area (TPSA) is 76.9 Å². The molecule has 1 heterocycles. The fraction of sp³-hybridized carbons (Fsp3) is 0.529. The molecule has 0 amide bonds. The van der Waals surface area contributed by atoms with Crippen LogP contribution in [0.15, 0.2) is 24.5 Å². The molecule has 0 spiro atoms. The molecule has 1 aromatic carbocycles. The van der Waals surface area contributed by atoms with Gasteiger partial charge in [0.15, 0.2) is 0 Å². The average Bonchev–Trinajstić information content (AvgIpc) is 3.25. The van der Waals surface area contributed by atoms with Gasteiger partial charge in [-0.05, 0) is 41.4 Å². The quantitative estimate of drug-likeness (QED) is 0.623. The fourth-order valence-electron chi connectivity index (χ4n) is 2.71. The van der Waals surface area contributed by atoms with E-state index in [0.29, 0.717) is 17.6 Å². The SMILES string of the molecule is C[S+](C)CCOCn1cnc2cc(C(N)C3(C#N)CC3)ccc21. The van der Waals surface area contributed by atoms with E-state index in [2.05, 4.69) is 23.6 Å². The molecule has 1 aromatic heterocycles. The molecule has 3 rings (SSSR count). The summed E-state index contributed by atoms with van der Waals surface area (Å²) in [7, 11) is 0.407. The number of ether oxygens (including phenoxy) is 1. The van der Waals surface area contributed by atoms with Gasteiger partial charge >= 0.3 is 0 Å². The van der Waals surface area contributed by atoms with Crippen LogP contribution >= 0.6 is 0 Å². The number of benzene rings is 1. The van der Waals surface area contributed by atoms with E-state index >= 15 is 0 Å². The third-order valence-corrected chi connectivity index (χ3v) is 5.46. The molecule has 122 valence electrons. The zero-order valence-electron chi connectivity index (χ0n) is 13.7. The van der Waals surface area contributed by atoms with Crippen molar-refractivity contribution in [2.24, 2.45) is 11.1 Å². The summed E-state index contributed by atoms with van der Waals surface area (Å²) in [5.74, 6) is 1.09. The van der Waals surface area contributed by atoms with Crippen molar-refractivity contribution in [2.75, 3.05) is 24.9 Å². The number of nitriles is 1. The summed E-state index contributed by atoms with van der Waals surface area (Å²) in [6.07, 6.45) is 8.01. The summed E-state index contributed by atoms with van der Waals surface area (Å²) in [5.41, 5.74) is 8.86. The summed E-state index contributed by atoms with van der Waals surface area (Å²) < 4.78 is 7.72. The van der Waals surface area contributed by atoms with E-state index in [9.17, 15) is 5.26 Å². The van der Waals surface area contributed by atoms with Crippen molar-refractivity contribution in [2.45, 2.75) is 25.6 Å². The van der Waals surface area contributed by atoms with Crippen molar-refractivity contribution in [1.82, 2.24) is 9.55 Å². The van der Waals surface area contributed by atoms with Crippen LogP contribution in [0.3, 0.4) is 0 Å². The molecule has 23 heavy (non-hydrogen) atoms. The van der Waals surface area contributed by atoms with Gasteiger partial charge in [-0.25, -0.2) is 4.98 Å². The summed E-state index contributed by atoms with van der Waals surface area (Å²) in [4.78, 5) is 4.45. The monoisotopic (exact) mass is 331 g/mol. The number of nitrogens with zero attached hydrogens (tertiary/aromatic N) is 3. The summed E-state index contributed by atoms with van der Waals surface area (Å²) in [6, 6.07) is 8.19. The molecule has 1 atom stereocenters. The van der Waals surface area contributed by atoms with Crippen molar-refractivity contribution in [3.05, 3.63) is 30.1 Å². The van der Waals surface area contributed by atoms with E-state index in [0.717, 1.165) is 41.8 Å². The maximum absolute atomic E-state index is 9.30. The fourth-order valence-corrected chi connectivity index (χ4v) is 3.16. The number of hydrogen-bond acceptors (Lipinski definition) is 4. The third-order valence-electron chi connectivity index (χ3n) is 4.48. The van der Waals surface area contributed by atoms with E-state index in [1.807, 2.05) is 22.8 Å². The first kappa shape index (κ1) is 16.3. The first-order chi connectivity index (χ1) is 11.1. The molecule has 6 heteroatoms. The molecule has 1 fully saturated rings. The molecule has 1 aliphatic rings. The molecule has 5 nitrogen and oxygen atoms in total. The predicted octanol–water partition coefficient (Wildman–Crippen LogP) is 2.19. The van der Waals surface area contributed by atoms with E-state index in [1.165, 1.54) is 0 Å². The second-order valence-corrected chi connectivity index (χ2v) is 8.81. The maximum Gasteiger partial charge on any atom is 0.130 e. The summed E-state index contributed by atoms with van der Waals surface area (Å²) >= 11 is 0. The molecule has 0 radical (unpaired) electrons. The minimum absolute atomic E-state index is 0.231. The van der Waals surface area contributed by atoms with Gasteiger partial charge in [-0.2, -0.15) is 5.26 Å². The highest BCUT2D eigenvalue weighted by Crippen LogP contribution is 2.53. The lowest BCUT2D eigenvalue weighted by atomic mass is 9.92. The number of aromatic nitrogens is 2. The Morgan fingerprint density at radius 2 is 2.26 bits per heavy atom. The minimum atomic E-state index is -0.364. The molecule has 0 bridgehead atoms. The van der Waals surface area contributed by atoms with Gasteiger partial charge in [0.2, 0.25) is 0 Å². The Morgan fingerprint density at radius 1 is 1.48 bits per heavy atom. The van der Waals surface area contributed by atoms with E-state index < -0.39 is 0 Å². The molecule has 2 aromatic rings. The number of rotatable bonds is 7. The van der Waals surface area contributed by atoms with E-state index in [1.54, 1.807) is 6.33 Å². The van der Waals surface area contributed by atoms with Crippen LogP contribution in [-0.4, -0.2) is 34.4 Å². The van der Waals surface area contributed by atoms with Gasteiger partial charge in [-0.3, -0.25) is 0 Å². The van der Waals surface area contributed by atoms with Gasteiger partial charge in [-0.1, -0.05) is 6.07 Å². The Morgan fingerprint density at radius 3 is 2.91 bits per heavy atom. The van der Waals surface area contributed by atoms with Crippen molar-refractivity contribution in [3.8, 4) is 6.07 Å². The van der Waals surface area contributed by atoms with Crippen LogP contribution in [0.25, 0.3) is 11.0 Å². The Bertz CT molecular complexity index is 730. The van der Waals surface area contributed by atoms with Crippen LogP contribution in [0.5, 0.6) is 0 Å². The van der Waals surface area contributed by atoms with E-state index in [4.69, 9.17) is 10.5 Å². The van der Waals surface area contributed by atoms with E-state index in [-0.39, 0.29) is 11.5 Å². The zero-order chi connectivity index (χ0) is 16.4. The van der Waals surface area contributed by atoms with Crippen molar-refractivity contribution in [3.63, 3.8) is 0 Å². The Hall–Kier alpha value is -1.55. The Labute approximate surface area is 139 Å². The highest BCUT2D eigenvalue weighted by Gasteiger charge is 2.49. The van der Waals surface area contributed by atoms with Gasteiger partial charge in [0, 0.05) is 6.04 Å². The van der Waals surface area contributed by atoms with Crippen LogP contribution < -0.4 is 5.73 Å². The second-order valence-electron chi connectivity index (χ2n) is 6.44. The third kappa shape index (κ3) is 3.37. The molecule has 1 unspecified atom stereocenters. The summed E-state index contributed by atoms with van der Waals surface area (Å²) in [5, 5.41) is 9.30. The highest BCUT2D eigenvalue weighted by molar-refractivity contribution is 7.95. The van der Waals surface area contributed by atoms with Crippen LogP contribution in [0, 0.1) is 16.7 Å². The molecule has 1 aliphatic carbocycles. The molecule has 1 saturated carbocycles. The lowest BCUT2D eigenvalue weighted by Crippen LogP contribution is -2.21. The molecule has 0 saturated heterocycles. The van der Waals surface area contributed by atoms with Gasteiger partial charge in [-0.15, -0.1) is 0 Å². The number of fused-ring (bicyclic) bond motifs is 1. The first-order valence-electron chi connectivity index (χ1n) is 7.79. The second kappa shape index (κ2) is 6.52. The largest absolute Gasteiger partial charge is 0.356 e. The van der Waals surface area contributed by atoms with Gasteiger partial charge in [0.25, 0.3) is 0 Å². The zero-order valence-corrected chi connectivity index (χ0v) is 14.5.